The van der Waals surface area contributed by atoms with Crippen molar-refractivity contribution in [2.24, 2.45) is 5.73 Å². The molecule has 1 heterocycles. The number of aryl methyl sites for hydroxylation is 2. The maximum atomic E-state index is 11.5. The lowest BCUT2D eigenvalue weighted by molar-refractivity contribution is 0.0926. The highest BCUT2D eigenvalue weighted by atomic mass is 16.2. The molecular weight excluding hydrogens is 198 g/mol. The quantitative estimate of drug-likeness (QED) is 0.576. The summed E-state index contributed by atoms with van der Waals surface area (Å²) in [6, 6.07) is 0.809. The van der Waals surface area contributed by atoms with Gasteiger partial charge in [0.05, 0.1) is 5.69 Å². The zero-order valence-corrected chi connectivity index (χ0v) is 8.57. The Hall–Kier alpha value is -2.05. The third kappa shape index (κ3) is 2.70. The van der Waals surface area contributed by atoms with Crippen molar-refractivity contribution in [3.63, 3.8) is 0 Å². The third-order valence-electron chi connectivity index (χ3n) is 1.73. The Labute approximate surface area is 86.6 Å². The third-order valence-corrected chi connectivity index (χ3v) is 1.73. The average molecular weight is 211 g/mol. The lowest BCUT2D eigenvalue weighted by Gasteiger charge is -2.05. The molecule has 0 aliphatic heterocycles. The molecule has 7 nitrogen and oxygen atoms in total. The van der Waals surface area contributed by atoms with Crippen molar-refractivity contribution in [1.29, 1.82) is 0 Å². The van der Waals surface area contributed by atoms with E-state index in [4.69, 9.17) is 5.73 Å². The summed E-state index contributed by atoms with van der Waals surface area (Å²) in [6.07, 6.45) is 0. The van der Waals surface area contributed by atoms with Crippen LogP contribution < -0.4 is 16.6 Å². The van der Waals surface area contributed by atoms with Gasteiger partial charge >= 0.3 is 6.03 Å². The Morgan fingerprint density at radius 2 is 2.20 bits per heavy atom. The molecule has 15 heavy (non-hydrogen) atoms. The Morgan fingerprint density at radius 3 is 2.73 bits per heavy atom. The first-order valence-corrected chi connectivity index (χ1v) is 4.44. The second-order valence-corrected chi connectivity index (χ2v) is 2.93. The van der Waals surface area contributed by atoms with E-state index in [1.165, 1.54) is 4.68 Å². The number of nitrogens with two attached hydrogens (primary N) is 1. The van der Waals surface area contributed by atoms with Gasteiger partial charge in [0.2, 0.25) is 0 Å². The Balaban J connectivity index is 2.76. The molecule has 0 saturated carbocycles. The van der Waals surface area contributed by atoms with Gasteiger partial charge in [0, 0.05) is 6.54 Å². The van der Waals surface area contributed by atoms with Crippen molar-refractivity contribution in [3.8, 4) is 0 Å². The Morgan fingerprint density at radius 1 is 1.53 bits per heavy atom. The second kappa shape index (κ2) is 4.45. The Kier molecular flexibility index (Phi) is 3.27. The summed E-state index contributed by atoms with van der Waals surface area (Å²) in [5, 5.41) is 4.09. The van der Waals surface area contributed by atoms with Crippen LogP contribution in [0, 0.1) is 6.92 Å². The monoisotopic (exact) mass is 211 g/mol. The molecule has 0 radical (unpaired) electrons. The molecule has 0 saturated heterocycles. The molecule has 0 spiro atoms. The van der Waals surface area contributed by atoms with Crippen LogP contribution in [0.3, 0.4) is 0 Å². The first kappa shape index (κ1) is 11.0. The number of carbonyl (C=O) groups excluding carboxylic acids is 2. The number of hydrogen-bond acceptors (Lipinski definition) is 3. The van der Waals surface area contributed by atoms with Crippen LogP contribution in [-0.4, -0.2) is 21.7 Å². The molecule has 82 valence electrons. The molecule has 3 amide bonds. The highest BCUT2D eigenvalue weighted by molar-refractivity contribution is 5.93. The number of nitrogens with zero attached hydrogens (tertiary/aromatic N) is 2. The van der Waals surface area contributed by atoms with Crippen molar-refractivity contribution in [2.45, 2.75) is 20.4 Å². The largest absolute Gasteiger partial charge is 0.350 e. The fourth-order valence-electron chi connectivity index (χ4n) is 1.15. The maximum Gasteiger partial charge on any atom is 0.330 e. The molecule has 0 atom stereocenters. The molecule has 7 heteroatoms. The predicted octanol–water partition coefficient (Wildman–Crippen LogP) is -0.475. The van der Waals surface area contributed by atoms with E-state index in [1.807, 2.05) is 12.3 Å². The summed E-state index contributed by atoms with van der Waals surface area (Å²) in [6.45, 7) is 4.22. The molecule has 1 aromatic rings. The molecule has 0 fully saturated rings. The fraction of sp³-hybridized carbons (Fsp3) is 0.375. The van der Waals surface area contributed by atoms with Gasteiger partial charge in [-0.3, -0.25) is 14.9 Å². The zero-order chi connectivity index (χ0) is 11.4. The number of rotatable bonds is 2. The Bertz CT molecular complexity index is 384. The summed E-state index contributed by atoms with van der Waals surface area (Å²) in [5.41, 5.74) is 10.1. The minimum atomic E-state index is -0.817. The van der Waals surface area contributed by atoms with Crippen LogP contribution in [0.25, 0.3) is 0 Å². The minimum absolute atomic E-state index is 0.378. The summed E-state index contributed by atoms with van der Waals surface area (Å²) >= 11 is 0. The second-order valence-electron chi connectivity index (χ2n) is 2.93. The van der Waals surface area contributed by atoms with E-state index in [-0.39, 0.29) is 0 Å². The van der Waals surface area contributed by atoms with Crippen molar-refractivity contribution in [3.05, 3.63) is 17.5 Å². The van der Waals surface area contributed by atoms with E-state index in [0.29, 0.717) is 12.2 Å². The average Bonchev–Trinajstić information content (AvgIpc) is 2.56. The molecule has 4 N–H and O–H groups in total. The van der Waals surface area contributed by atoms with Crippen molar-refractivity contribution >= 4 is 11.9 Å². The lowest BCUT2D eigenvalue weighted by Crippen LogP contribution is -2.45. The summed E-state index contributed by atoms with van der Waals surface area (Å²) in [4.78, 5) is 21.9. The van der Waals surface area contributed by atoms with Gasteiger partial charge in [-0.1, -0.05) is 0 Å². The minimum Gasteiger partial charge on any atom is -0.350 e. The normalized spacial score (nSPS) is 9.73. The van der Waals surface area contributed by atoms with Gasteiger partial charge in [-0.25, -0.2) is 10.2 Å². The van der Waals surface area contributed by atoms with Crippen molar-refractivity contribution in [1.82, 2.24) is 20.6 Å². The van der Waals surface area contributed by atoms with Crippen LogP contribution in [0.2, 0.25) is 0 Å². The molecule has 0 bridgehead atoms. The first-order chi connectivity index (χ1) is 7.04. The number of urea groups is 1. The topological polar surface area (TPSA) is 102 Å². The van der Waals surface area contributed by atoms with Gasteiger partial charge in [-0.05, 0) is 19.9 Å². The number of carbonyl (C=O) groups is 2. The smallest absolute Gasteiger partial charge is 0.330 e. The first-order valence-electron chi connectivity index (χ1n) is 4.44. The highest BCUT2D eigenvalue weighted by Gasteiger charge is 2.12. The van der Waals surface area contributed by atoms with E-state index in [1.54, 1.807) is 13.0 Å². The van der Waals surface area contributed by atoms with Crippen LogP contribution in [0.5, 0.6) is 0 Å². The number of hydrogen-bond donors (Lipinski definition) is 3. The summed E-state index contributed by atoms with van der Waals surface area (Å²) in [7, 11) is 0. The highest BCUT2D eigenvalue weighted by Crippen LogP contribution is 2.02. The molecule has 0 aliphatic rings. The predicted molar refractivity (Wildman–Crippen MR) is 52.8 cm³/mol. The van der Waals surface area contributed by atoms with E-state index in [2.05, 4.69) is 10.5 Å². The number of hydrazine groups is 1. The fourth-order valence-corrected chi connectivity index (χ4v) is 1.15. The van der Waals surface area contributed by atoms with Crippen molar-refractivity contribution < 1.29 is 9.59 Å². The molecule has 0 aromatic carbocycles. The maximum absolute atomic E-state index is 11.5. The van der Waals surface area contributed by atoms with E-state index in [0.717, 1.165) is 5.69 Å². The van der Waals surface area contributed by atoms with Crippen LogP contribution in [0.15, 0.2) is 6.07 Å². The zero-order valence-electron chi connectivity index (χ0n) is 8.57. The van der Waals surface area contributed by atoms with Gasteiger partial charge in [0.15, 0.2) is 0 Å². The van der Waals surface area contributed by atoms with E-state index < -0.39 is 11.9 Å². The molecular formula is C8H13N5O2. The molecule has 1 rings (SSSR count). The van der Waals surface area contributed by atoms with E-state index >= 15 is 0 Å². The SMILES string of the molecule is CCn1nc(C)cc1C(=O)NNC(N)=O. The van der Waals surface area contributed by atoms with Gasteiger partial charge < -0.3 is 5.73 Å². The van der Waals surface area contributed by atoms with Gasteiger partial charge in [-0.15, -0.1) is 0 Å². The lowest BCUT2D eigenvalue weighted by atomic mass is 10.3. The van der Waals surface area contributed by atoms with Gasteiger partial charge in [-0.2, -0.15) is 5.10 Å². The van der Waals surface area contributed by atoms with Crippen LogP contribution >= 0.6 is 0 Å². The number of primary amides is 1. The van der Waals surface area contributed by atoms with Gasteiger partial charge in [0.25, 0.3) is 5.91 Å². The molecule has 0 aliphatic carbocycles. The summed E-state index contributed by atoms with van der Waals surface area (Å²) < 4.78 is 1.54. The van der Waals surface area contributed by atoms with Crippen LogP contribution in [0.1, 0.15) is 23.1 Å². The summed E-state index contributed by atoms with van der Waals surface area (Å²) in [5.74, 6) is -0.448. The standard InChI is InChI=1S/C8H13N5O2/c1-3-13-6(4-5(2)12-13)7(14)10-11-8(9)15/h4H,3H2,1-2H3,(H,10,14)(H3,9,11,15). The van der Waals surface area contributed by atoms with Gasteiger partial charge in [0.1, 0.15) is 5.69 Å². The van der Waals surface area contributed by atoms with Crippen LogP contribution in [0.4, 0.5) is 4.79 Å². The number of aromatic nitrogens is 2. The van der Waals surface area contributed by atoms with Crippen LogP contribution in [-0.2, 0) is 6.54 Å². The van der Waals surface area contributed by atoms with E-state index in [9.17, 15) is 9.59 Å². The molecule has 0 unspecified atom stereocenters. The number of amides is 3. The van der Waals surface area contributed by atoms with Crippen molar-refractivity contribution in [2.75, 3.05) is 0 Å². The molecule has 1 aromatic heterocycles. The number of nitrogens with one attached hydrogen (secondary N) is 2.